The summed E-state index contributed by atoms with van der Waals surface area (Å²) in [5.41, 5.74) is -0.940. The number of rotatable bonds is 9. The van der Waals surface area contributed by atoms with Crippen molar-refractivity contribution in [3.63, 3.8) is 0 Å². The van der Waals surface area contributed by atoms with Crippen molar-refractivity contribution >= 4 is 35.0 Å². The molecule has 5 rings (SSSR count). The molecular formula is C26H27Cl2F3N4O6S. The van der Waals surface area contributed by atoms with E-state index in [4.69, 9.17) is 37.4 Å². The van der Waals surface area contributed by atoms with Crippen molar-refractivity contribution in [2.45, 2.75) is 34.7 Å². The largest absolute Gasteiger partial charge is 0.633 e. The molecule has 0 radical (unpaired) electrons. The van der Waals surface area contributed by atoms with Gasteiger partial charge in [0.15, 0.2) is 17.5 Å². The zero-order chi connectivity index (χ0) is 30.0. The second-order valence-electron chi connectivity index (χ2n) is 9.91. The molecule has 3 heterocycles. The first-order valence-corrected chi connectivity index (χ1v) is 14.6. The maximum atomic E-state index is 13.9. The summed E-state index contributed by atoms with van der Waals surface area (Å²) in [6.07, 6.45) is -2.10. The SMILES string of the molecule is [O-][N+]1(CCO[C@@H]2[C@@H](n3cc(-c4cc(F)c(F)c(F)c4)nn3)[C@@H](O)[C@@H](CO)O[C@@H]2Sc2ccc(Cl)c(Cl)c2)CCOCC1. The fourth-order valence-electron chi connectivity index (χ4n) is 4.83. The molecule has 3 aromatic rings. The molecule has 10 nitrogen and oxygen atoms in total. The van der Waals surface area contributed by atoms with Gasteiger partial charge in [-0.15, -0.1) is 5.10 Å². The lowest BCUT2D eigenvalue weighted by Crippen LogP contribution is -2.57. The number of aliphatic hydroxyl groups is 2. The van der Waals surface area contributed by atoms with Crippen molar-refractivity contribution in [3.05, 3.63) is 69.2 Å². The van der Waals surface area contributed by atoms with E-state index in [0.717, 1.165) is 12.1 Å². The van der Waals surface area contributed by atoms with Crippen molar-refractivity contribution in [2.75, 3.05) is 46.1 Å². The summed E-state index contributed by atoms with van der Waals surface area (Å²) in [6.45, 7) is 0.726. The van der Waals surface area contributed by atoms with Crippen LogP contribution in [-0.4, -0.2) is 99.7 Å². The van der Waals surface area contributed by atoms with Gasteiger partial charge in [-0.1, -0.05) is 40.2 Å². The van der Waals surface area contributed by atoms with Crippen LogP contribution in [0.15, 0.2) is 41.4 Å². The number of quaternary nitrogens is 1. The molecule has 0 amide bonds. The van der Waals surface area contributed by atoms with E-state index in [9.17, 15) is 28.6 Å². The predicted octanol–water partition coefficient (Wildman–Crippen LogP) is 3.81. The molecule has 42 heavy (non-hydrogen) atoms. The molecule has 2 fully saturated rings. The number of halogens is 5. The van der Waals surface area contributed by atoms with Crippen molar-refractivity contribution in [1.29, 1.82) is 0 Å². The third-order valence-electron chi connectivity index (χ3n) is 7.16. The van der Waals surface area contributed by atoms with Crippen molar-refractivity contribution in [1.82, 2.24) is 15.0 Å². The highest BCUT2D eigenvalue weighted by molar-refractivity contribution is 7.99. The average molecular weight is 651 g/mol. The van der Waals surface area contributed by atoms with Gasteiger partial charge >= 0.3 is 0 Å². The van der Waals surface area contributed by atoms with Crippen LogP contribution in [-0.2, 0) is 14.2 Å². The lowest BCUT2D eigenvalue weighted by Gasteiger charge is -2.46. The molecular weight excluding hydrogens is 624 g/mol. The van der Waals surface area contributed by atoms with Crippen LogP contribution in [0.2, 0.25) is 10.0 Å². The van der Waals surface area contributed by atoms with Crippen LogP contribution >= 0.6 is 35.0 Å². The minimum atomic E-state index is -1.62. The van der Waals surface area contributed by atoms with Crippen LogP contribution in [0.4, 0.5) is 13.2 Å². The van der Waals surface area contributed by atoms with E-state index in [1.165, 1.54) is 22.6 Å². The smallest absolute Gasteiger partial charge is 0.194 e. The van der Waals surface area contributed by atoms with Gasteiger partial charge < -0.3 is 34.3 Å². The summed E-state index contributed by atoms with van der Waals surface area (Å²) >= 11 is 13.5. The van der Waals surface area contributed by atoms with Gasteiger partial charge in [0.25, 0.3) is 0 Å². The van der Waals surface area contributed by atoms with Gasteiger partial charge in [0.1, 0.15) is 55.1 Å². The lowest BCUT2D eigenvalue weighted by atomic mass is 9.97. The normalized spacial score (nSPS) is 26.0. The maximum Gasteiger partial charge on any atom is 0.194 e. The summed E-state index contributed by atoms with van der Waals surface area (Å²) in [7, 11) is 0. The highest BCUT2D eigenvalue weighted by Gasteiger charge is 2.48. The third-order valence-corrected chi connectivity index (χ3v) is 9.04. The number of hydroxylamine groups is 3. The number of hydrogen-bond donors (Lipinski definition) is 2. The summed E-state index contributed by atoms with van der Waals surface area (Å²) in [5, 5.41) is 43.1. The Morgan fingerprint density at radius 1 is 1.12 bits per heavy atom. The summed E-state index contributed by atoms with van der Waals surface area (Å²) < 4.78 is 59.7. The molecule has 0 spiro atoms. The van der Waals surface area contributed by atoms with E-state index in [-0.39, 0.29) is 37.5 Å². The molecule has 0 saturated carbocycles. The number of ether oxygens (including phenoxy) is 3. The average Bonchev–Trinajstić information content (AvgIpc) is 3.45. The van der Waals surface area contributed by atoms with Crippen LogP contribution in [0.25, 0.3) is 11.3 Å². The summed E-state index contributed by atoms with van der Waals surface area (Å²) in [6, 6.07) is 5.47. The predicted molar refractivity (Wildman–Crippen MR) is 147 cm³/mol. The van der Waals surface area contributed by atoms with E-state index >= 15 is 0 Å². The second kappa shape index (κ2) is 13.3. The van der Waals surface area contributed by atoms with Gasteiger partial charge in [-0.25, -0.2) is 17.9 Å². The molecule has 2 saturated heterocycles. The Labute approximate surface area is 253 Å². The van der Waals surface area contributed by atoms with E-state index < -0.39 is 58.5 Å². The number of morpholine rings is 1. The first-order valence-electron chi connectivity index (χ1n) is 13.0. The highest BCUT2D eigenvalue weighted by atomic mass is 35.5. The van der Waals surface area contributed by atoms with Gasteiger partial charge in [0.2, 0.25) is 0 Å². The zero-order valence-electron chi connectivity index (χ0n) is 21.9. The Morgan fingerprint density at radius 3 is 2.50 bits per heavy atom. The summed E-state index contributed by atoms with van der Waals surface area (Å²) in [5.74, 6) is -4.42. The van der Waals surface area contributed by atoms with Gasteiger partial charge in [-0.3, -0.25) is 0 Å². The molecule has 0 aliphatic carbocycles. The molecule has 2 aliphatic heterocycles. The fourth-order valence-corrected chi connectivity index (χ4v) is 6.37. The highest BCUT2D eigenvalue weighted by Crippen LogP contribution is 2.41. The van der Waals surface area contributed by atoms with E-state index in [1.807, 2.05) is 0 Å². The van der Waals surface area contributed by atoms with Crippen LogP contribution < -0.4 is 0 Å². The molecule has 0 bridgehead atoms. The quantitative estimate of drug-likeness (QED) is 0.202. The number of benzene rings is 2. The van der Waals surface area contributed by atoms with Crippen LogP contribution in [0.3, 0.4) is 0 Å². The minimum absolute atomic E-state index is 0.00291. The number of nitrogens with zero attached hydrogens (tertiary/aromatic N) is 4. The minimum Gasteiger partial charge on any atom is -0.633 e. The standard InChI is InChI=1S/C26H27Cl2F3N4O6S/c27-16-2-1-15(11-17(16)28)42-26-25(40-8-5-35(38)3-6-39-7-4-35)23(24(37)21(13-36)41-26)34-12-20(32-33-34)14-9-18(29)22(31)19(30)10-14/h1-2,9-12,21,23-26,36-37H,3-8,13H2/t21-,23+,24+,25-,26-/m1/s1. The molecule has 1 aromatic heterocycles. The first kappa shape index (κ1) is 31.4. The molecule has 16 heteroatoms. The monoisotopic (exact) mass is 650 g/mol. The topological polar surface area (TPSA) is 122 Å². The molecule has 2 aliphatic rings. The maximum absolute atomic E-state index is 13.9. The molecule has 0 unspecified atom stereocenters. The molecule has 2 aromatic carbocycles. The Hall–Kier alpha value is -1.98. The van der Waals surface area contributed by atoms with E-state index in [1.54, 1.807) is 18.2 Å². The molecule has 228 valence electrons. The number of aromatic nitrogens is 3. The number of thioether (sulfide) groups is 1. The third kappa shape index (κ3) is 6.88. The van der Waals surface area contributed by atoms with Gasteiger partial charge in [0, 0.05) is 10.5 Å². The summed E-state index contributed by atoms with van der Waals surface area (Å²) in [4.78, 5) is 0.645. The van der Waals surface area contributed by atoms with Crippen molar-refractivity contribution in [2.24, 2.45) is 0 Å². The number of hydrogen-bond acceptors (Lipinski definition) is 9. The van der Waals surface area contributed by atoms with E-state index in [0.29, 0.717) is 28.2 Å². The Balaban J connectivity index is 1.47. The van der Waals surface area contributed by atoms with Crippen LogP contribution in [0.1, 0.15) is 6.04 Å². The van der Waals surface area contributed by atoms with Crippen molar-refractivity contribution < 1.29 is 42.2 Å². The molecule has 5 atom stereocenters. The Bertz CT molecular complexity index is 1380. The van der Waals surface area contributed by atoms with Crippen LogP contribution in [0.5, 0.6) is 0 Å². The first-order chi connectivity index (χ1) is 20.1. The van der Waals surface area contributed by atoms with Crippen molar-refractivity contribution in [3.8, 4) is 11.3 Å². The second-order valence-corrected chi connectivity index (χ2v) is 11.9. The Morgan fingerprint density at radius 2 is 1.83 bits per heavy atom. The number of aliphatic hydroxyl groups excluding tert-OH is 2. The van der Waals surface area contributed by atoms with E-state index in [2.05, 4.69) is 10.3 Å². The zero-order valence-corrected chi connectivity index (χ0v) is 24.2. The lowest BCUT2D eigenvalue weighted by molar-refractivity contribution is -0.889. The van der Waals surface area contributed by atoms with Gasteiger partial charge in [0.05, 0.1) is 42.7 Å². The van der Waals surface area contributed by atoms with Gasteiger partial charge in [-0.2, -0.15) is 0 Å². The fraction of sp³-hybridized carbons (Fsp3) is 0.462. The van der Waals surface area contributed by atoms with Crippen LogP contribution in [0, 0.1) is 22.7 Å². The van der Waals surface area contributed by atoms with Gasteiger partial charge in [-0.05, 0) is 30.3 Å². The Kier molecular flexibility index (Phi) is 9.99. The molecule has 2 N–H and O–H groups in total.